The summed E-state index contributed by atoms with van der Waals surface area (Å²) in [4.78, 5) is 23.8. The van der Waals surface area contributed by atoms with Crippen LogP contribution >= 0.6 is 8.53 Å². The normalized spacial score (nSPS) is 20.6. The molecule has 1 aliphatic heterocycles. The SMILES string of the molecule is C=C(/C=C\N(C)C1CCC(COP(NCC(=O)OC(C)C)OC)O1)NC=O. The predicted molar refractivity (Wildman–Crippen MR) is 102 cm³/mol. The minimum Gasteiger partial charge on any atom is -0.462 e. The molecule has 2 N–H and O–H groups in total. The van der Waals surface area contributed by atoms with Gasteiger partial charge in [-0.1, -0.05) is 6.58 Å². The zero-order chi connectivity index (χ0) is 20.2. The molecule has 0 aliphatic carbocycles. The molecule has 0 radical (unpaired) electrons. The molecule has 154 valence electrons. The minimum atomic E-state index is -1.39. The van der Waals surface area contributed by atoms with Crippen molar-refractivity contribution >= 4 is 20.9 Å². The number of esters is 1. The number of ether oxygens (including phenoxy) is 2. The molecule has 1 heterocycles. The van der Waals surface area contributed by atoms with Gasteiger partial charge in [0.25, 0.3) is 8.53 Å². The average molecular weight is 403 g/mol. The third-order valence-electron chi connectivity index (χ3n) is 3.56. The van der Waals surface area contributed by atoms with Gasteiger partial charge in [0.05, 0.1) is 18.8 Å². The molecule has 27 heavy (non-hydrogen) atoms. The Kier molecular flexibility index (Phi) is 11.2. The Labute approximate surface area is 162 Å². The molecule has 3 atom stereocenters. The van der Waals surface area contributed by atoms with E-state index >= 15 is 0 Å². The highest BCUT2D eigenvalue weighted by Crippen LogP contribution is 2.33. The molecular weight excluding hydrogens is 373 g/mol. The van der Waals surface area contributed by atoms with Crippen LogP contribution in [0.25, 0.3) is 0 Å². The molecule has 0 saturated carbocycles. The molecule has 10 heteroatoms. The van der Waals surface area contributed by atoms with Crippen LogP contribution in [0.2, 0.25) is 0 Å². The lowest BCUT2D eigenvalue weighted by atomic mass is 10.2. The molecule has 0 aromatic carbocycles. The largest absolute Gasteiger partial charge is 0.462 e. The van der Waals surface area contributed by atoms with Crippen LogP contribution in [0.15, 0.2) is 24.6 Å². The van der Waals surface area contributed by atoms with Crippen LogP contribution in [0.1, 0.15) is 26.7 Å². The summed E-state index contributed by atoms with van der Waals surface area (Å²) in [5.74, 6) is -0.352. The van der Waals surface area contributed by atoms with Crippen molar-refractivity contribution in [1.29, 1.82) is 0 Å². The fourth-order valence-corrected chi connectivity index (χ4v) is 3.17. The van der Waals surface area contributed by atoms with E-state index in [1.807, 2.05) is 11.9 Å². The number of amides is 1. The second-order valence-corrected chi connectivity index (χ2v) is 7.62. The number of hydrogen-bond donors (Lipinski definition) is 2. The molecule has 0 spiro atoms. The maximum absolute atomic E-state index is 11.6. The zero-order valence-electron chi connectivity index (χ0n) is 16.3. The molecule has 1 fully saturated rings. The number of hydrogen-bond acceptors (Lipinski definition) is 8. The van der Waals surface area contributed by atoms with E-state index in [1.54, 1.807) is 26.1 Å². The highest BCUT2D eigenvalue weighted by atomic mass is 31.2. The van der Waals surface area contributed by atoms with Crippen molar-refractivity contribution in [2.24, 2.45) is 0 Å². The highest BCUT2D eigenvalue weighted by molar-refractivity contribution is 7.44. The van der Waals surface area contributed by atoms with E-state index in [-0.39, 0.29) is 30.9 Å². The van der Waals surface area contributed by atoms with Gasteiger partial charge in [0.2, 0.25) is 6.41 Å². The van der Waals surface area contributed by atoms with Crippen LogP contribution in [0, 0.1) is 0 Å². The van der Waals surface area contributed by atoms with Gasteiger partial charge < -0.3 is 28.7 Å². The van der Waals surface area contributed by atoms with Crippen molar-refractivity contribution in [3.63, 3.8) is 0 Å². The second-order valence-electron chi connectivity index (χ2n) is 6.17. The molecule has 1 rings (SSSR count). The Morgan fingerprint density at radius 1 is 1.44 bits per heavy atom. The Morgan fingerprint density at radius 3 is 2.81 bits per heavy atom. The van der Waals surface area contributed by atoms with E-state index in [2.05, 4.69) is 17.0 Å². The Bertz CT molecular complexity index is 517. The van der Waals surface area contributed by atoms with E-state index in [9.17, 15) is 9.59 Å². The minimum absolute atomic E-state index is 0.0259. The third kappa shape index (κ3) is 9.83. The first-order valence-corrected chi connectivity index (χ1v) is 9.88. The van der Waals surface area contributed by atoms with Crippen molar-refractivity contribution in [3.8, 4) is 0 Å². The van der Waals surface area contributed by atoms with E-state index in [0.29, 0.717) is 18.7 Å². The average Bonchev–Trinajstić information content (AvgIpc) is 3.08. The van der Waals surface area contributed by atoms with Crippen LogP contribution in [-0.4, -0.2) is 63.0 Å². The first-order chi connectivity index (χ1) is 12.8. The van der Waals surface area contributed by atoms with Crippen LogP contribution < -0.4 is 10.4 Å². The lowest BCUT2D eigenvalue weighted by molar-refractivity contribution is -0.145. The van der Waals surface area contributed by atoms with Crippen molar-refractivity contribution in [2.45, 2.75) is 45.1 Å². The van der Waals surface area contributed by atoms with Crippen molar-refractivity contribution in [1.82, 2.24) is 15.3 Å². The number of rotatable bonds is 13. The van der Waals surface area contributed by atoms with Crippen molar-refractivity contribution in [3.05, 3.63) is 24.6 Å². The van der Waals surface area contributed by atoms with Gasteiger partial charge in [-0.05, 0) is 32.8 Å². The Balaban J connectivity index is 2.31. The number of carbonyl (C=O) groups excluding carboxylic acids is 2. The fourth-order valence-electron chi connectivity index (χ4n) is 2.28. The number of nitrogens with one attached hydrogen (secondary N) is 2. The molecule has 1 amide bonds. The topological polar surface area (TPSA) is 98.4 Å². The third-order valence-corrected chi connectivity index (χ3v) is 4.69. The van der Waals surface area contributed by atoms with E-state index in [1.165, 1.54) is 7.11 Å². The molecule has 0 bridgehead atoms. The smallest absolute Gasteiger partial charge is 0.320 e. The zero-order valence-corrected chi connectivity index (χ0v) is 17.2. The van der Waals surface area contributed by atoms with Gasteiger partial charge >= 0.3 is 5.97 Å². The molecule has 9 nitrogen and oxygen atoms in total. The standard InChI is InChI=1S/C17H30N3O6P/c1-13(2)25-17(22)10-19-27(23-5)24-11-15-6-7-16(26-15)20(4)9-8-14(3)18-12-21/h8-9,12-13,15-16,19H,3,6-7,10-11H2,1-2,4-5H3,(H,18,21)/b9-8-. The maximum atomic E-state index is 11.6. The van der Waals surface area contributed by atoms with Crippen LogP contribution in [0.4, 0.5) is 0 Å². The predicted octanol–water partition coefficient (Wildman–Crippen LogP) is 1.63. The van der Waals surface area contributed by atoms with Gasteiger partial charge in [0.15, 0.2) is 0 Å². The first kappa shape index (κ1) is 23.5. The van der Waals surface area contributed by atoms with Crippen LogP contribution in [0.5, 0.6) is 0 Å². The highest BCUT2D eigenvalue weighted by Gasteiger charge is 2.28. The first-order valence-electron chi connectivity index (χ1n) is 8.70. The monoisotopic (exact) mass is 403 g/mol. The molecule has 1 saturated heterocycles. The van der Waals surface area contributed by atoms with Gasteiger partial charge in [-0.3, -0.25) is 9.59 Å². The summed E-state index contributed by atoms with van der Waals surface area (Å²) in [6.45, 7) is 7.67. The van der Waals surface area contributed by atoms with Gasteiger partial charge in [-0.15, -0.1) is 0 Å². The van der Waals surface area contributed by atoms with E-state index < -0.39 is 8.53 Å². The van der Waals surface area contributed by atoms with Gasteiger partial charge in [0, 0.05) is 26.1 Å². The summed E-state index contributed by atoms with van der Waals surface area (Å²) in [6.07, 6.45) is 5.48. The number of allylic oxidation sites excluding steroid dienone is 1. The van der Waals surface area contributed by atoms with Crippen molar-refractivity contribution in [2.75, 3.05) is 27.3 Å². The number of carbonyl (C=O) groups is 2. The molecule has 0 aromatic rings. The summed E-state index contributed by atoms with van der Waals surface area (Å²) < 4.78 is 21.9. The second kappa shape index (κ2) is 12.8. The fraction of sp³-hybridized carbons (Fsp3) is 0.647. The Hall–Kier alpha value is -1.51. The van der Waals surface area contributed by atoms with Gasteiger partial charge in [0.1, 0.15) is 12.8 Å². The Morgan fingerprint density at radius 2 is 2.19 bits per heavy atom. The molecule has 3 unspecified atom stereocenters. The lowest BCUT2D eigenvalue weighted by Gasteiger charge is -2.23. The summed E-state index contributed by atoms with van der Waals surface area (Å²) in [6, 6.07) is 0. The molecule has 1 aliphatic rings. The summed E-state index contributed by atoms with van der Waals surface area (Å²) in [7, 11) is 2.02. The van der Waals surface area contributed by atoms with Crippen LogP contribution in [-0.2, 0) is 28.1 Å². The van der Waals surface area contributed by atoms with Crippen LogP contribution in [0.3, 0.4) is 0 Å². The van der Waals surface area contributed by atoms with E-state index in [0.717, 1.165) is 12.8 Å². The summed E-state index contributed by atoms with van der Waals surface area (Å²) >= 11 is 0. The number of nitrogens with zero attached hydrogens (tertiary/aromatic N) is 1. The summed E-state index contributed by atoms with van der Waals surface area (Å²) in [5.41, 5.74) is 0.502. The van der Waals surface area contributed by atoms with Gasteiger partial charge in [-0.2, -0.15) is 0 Å². The molecule has 0 aromatic heterocycles. The quantitative estimate of drug-likeness (QED) is 0.207. The molecular formula is C17H30N3O6P. The lowest BCUT2D eigenvalue weighted by Crippen LogP contribution is -2.29. The van der Waals surface area contributed by atoms with E-state index in [4.69, 9.17) is 18.5 Å². The maximum Gasteiger partial charge on any atom is 0.320 e. The summed E-state index contributed by atoms with van der Waals surface area (Å²) in [5, 5.41) is 5.37. The van der Waals surface area contributed by atoms with Crippen molar-refractivity contribution < 1.29 is 28.1 Å². The van der Waals surface area contributed by atoms with Gasteiger partial charge in [-0.25, -0.2) is 5.09 Å².